The lowest BCUT2D eigenvalue weighted by atomic mass is 9.58. The Morgan fingerprint density at radius 2 is 1.12 bits per heavy atom. The average molecular weight is 984 g/mol. The molecule has 2 aliphatic carbocycles. The largest absolute Gasteiger partial charge is 0.456 e. The highest BCUT2D eigenvalue weighted by Crippen LogP contribution is 2.56. The van der Waals surface area contributed by atoms with Gasteiger partial charge in [-0.15, -0.1) is 0 Å². The van der Waals surface area contributed by atoms with Gasteiger partial charge in [0.25, 0.3) is 0 Å². The molecule has 0 saturated carbocycles. The molecule has 0 fully saturated rings. The zero-order chi connectivity index (χ0) is 51.8. The van der Waals surface area contributed by atoms with Gasteiger partial charge in [0.1, 0.15) is 22.7 Å². The first kappa shape index (κ1) is 45.4. The summed E-state index contributed by atoms with van der Waals surface area (Å²) >= 11 is 0. The van der Waals surface area contributed by atoms with Crippen molar-refractivity contribution in [2.24, 2.45) is 0 Å². The van der Waals surface area contributed by atoms with Crippen molar-refractivity contribution in [1.29, 1.82) is 0 Å². The molecule has 369 valence electrons. The minimum absolute atomic E-state index is 0.0423. The third-order valence-corrected chi connectivity index (χ3v) is 18.0. The summed E-state index contributed by atoms with van der Waals surface area (Å²) in [6.07, 6.45) is 2.36. The molecule has 0 amide bonds. The molecule has 0 unspecified atom stereocenters. The van der Waals surface area contributed by atoms with Crippen LogP contribution in [0.1, 0.15) is 103 Å². The van der Waals surface area contributed by atoms with Crippen molar-refractivity contribution in [3.8, 4) is 50.6 Å². The lowest BCUT2D eigenvalue weighted by Gasteiger charge is -2.42. The molecular formula is C71H60BN2O2. The number of nitrogens with zero attached hydrogens (tertiary/aromatic N) is 1. The first-order valence-corrected chi connectivity index (χ1v) is 27.3. The first-order valence-electron chi connectivity index (χ1n) is 27.3. The van der Waals surface area contributed by atoms with Gasteiger partial charge in [-0.3, -0.25) is 0 Å². The number of benzene rings is 9. The summed E-state index contributed by atoms with van der Waals surface area (Å²) in [5.74, 6) is 1.74. The molecule has 1 radical (unpaired) electrons. The maximum absolute atomic E-state index is 7.06. The van der Waals surface area contributed by atoms with E-state index in [1.54, 1.807) is 0 Å². The predicted molar refractivity (Wildman–Crippen MR) is 320 cm³/mol. The average Bonchev–Trinajstić information content (AvgIpc) is 4.26. The fraction of sp³-hybridized carbons (Fsp3) is 0.211. The van der Waals surface area contributed by atoms with E-state index in [0.717, 1.165) is 83.4 Å². The van der Waals surface area contributed by atoms with Crippen molar-refractivity contribution in [2.45, 2.75) is 96.8 Å². The summed E-state index contributed by atoms with van der Waals surface area (Å²) in [4.78, 5) is 0. The van der Waals surface area contributed by atoms with Gasteiger partial charge in [-0.2, -0.15) is 0 Å². The lowest BCUT2D eigenvalue weighted by Crippen LogP contribution is -2.37. The molecule has 76 heavy (non-hydrogen) atoms. The number of rotatable bonds is 5. The Morgan fingerprint density at radius 1 is 0.487 bits per heavy atom. The topological polar surface area (TPSA) is 43.2 Å². The lowest BCUT2D eigenvalue weighted by molar-refractivity contribution is 0.331. The SMILES string of the molecule is CC(C)(C)c1ccc(Nc2cc3c(cc2-c2ccc4c5cc6c(cc5n5c4c2[B]c2cc4c(-c7ccccc7)oc(-c7ccccc7)c4cc2-5)oc2ccccc26)-c2cc4c(cc2C3(C)C)C(C)(C)CCC4(C)C)cc1. The Kier molecular flexibility index (Phi) is 9.28. The molecule has 12 aromatic rings. The van der Waals surface area contributed by atoms with Gasteiger partial charge < -0.3 is 18.7 Å². The molecule has 1 N–H and O–H groups in total. The minimum atomic E-state index is -0.218. The molecule has 15 rings (SSSR count). The van der Waals surface area contributed by atoms with E-state index in [1.165, 1.54) is 84.7 Å². The van der Waals surface area contributed by atoms with E-state index in [1.807, 2.05) is 0 Å². The van der Waals surface area contributed by atoms with Gasteiger partial charge in [-0.1, -0.05) is 183 Å². The summed E-state index contributed by atoms with van der Waals surface area (Å²) < 4.78 is 16.3. The van der Waals surface area contributed by atoms with Crippen molar-refractivity contribution in [1.82, 2.24) is 4.57 Å². The van der Waals surface area contributed by atoms with Crippen LogP contribution in [-0.4, -0.2) is 11.8 Å². The zero-order valence-corrected chi connectivity index (χ0v) is 44.9. The molecule has 3 aliphatic rings. The van der Waals surface area contributed by atoms with Crippen LogP contribution in [0.4, 0.5) is 11.4 Å². The quantitative estimate of drug-likeness (QED) is 0.175. The minimum Gasteiger partial charge on any atom is -0.456 e. The second-order valence-corrected chi connectivity index (χ2v) is 25.0. The number of nitrogens with one attached hydrogen (secondary N) is 1. The van der Waals surface area contributed by atoms with E-state index in [-0.39, 0.29) is 21.7 Å². The number of hydrogen-bond donors (Lipinski definition) is 1. The Morgan fingerprint density at radius 3 is 1.82 bits per heavy atom. The fourth-order valence-electron chi connectivity index (χ4n) is 13.6. The normalized spacial score (nSPS) is 15.8. The summed E-state index contributed by atoms with van der Waals surface area (Å²) in [5, 5.41) is 10.9. The van der Waals surface area contributed by atoms with Gasteiger partial charge in [0.05, 0.1) is 5.52 Å². The molecule has 0 saturated heterocycles. The highest BCUT2D eigenvalue weighted by molar-refractivity contribution is 6.73. The molecule has 9 aromatic carbocycles. The van der Waals surface area contributed by atoms with Gasteiger partial charge >= 0.3 is 0 Å². The molecular weight excluding hydrogens is 924 g/mol. The molecule has 0 spiro atoms. The summed E-state index contributed by atoms with van der Waals surface area (Å²) in [6.45, 7) is 21.5. The Hall–Kier alpha value is -8.02. The van der Waals surface area contributed by atoms with Crippen molar-refractivity contribution in [3.63, 3.8) is 0 Å². The van der Waals surface area contributed by atoms with Crippen LogP contribution in [0, 0.1) is 0 Å². The van der Waals surface area contributed by atoms with Crippen LogP contribution in [0.15, 0.2) is 179 Å². The molecule has 4 heterocycles. The number of para-hydroxylation sites is 1. The highest BCUT2D eigenvalue weighted by Gasteiger charge is 2.43. The summed E-state index contributed by atoms with van der Waals surface area (Å²) in [5.41, 5.74) is 23.9. The number of anilines is 2. The van der Waals surface area contributed by atoms with Gasteiger partial charge in [0, 0.05) is 83.1 Å². The number of hydrogen-bond acceptors (Lipinski definition) is 3. The van der Waals surface area contributed by atoms with Gasteiger partial charge in [-0.25, -0.2) is 0 Å². The van der Waals surface area contributed by atoms with Crippen molar-refractivity contribution in [2.75, 3.05) is 5.32 Å². The number of aromatic nitrogens is 1. The molecule has 5 heteroatoms. The molecule has 4 nitrogen and oxygen atoms in total. The van der Waals surface area contributed by atoms with Gasteiger partial charge in [0.2, 0.25) is 0 Å². The van der Waals surface area contributed by atoms with Crippen molar-refractivity contribution in [3.05, 3.63) is 198 Å². The van der Waals surface area contributed by atoms with Gasteiger partial charge in [-0.05, 0) is 128 Å². The third kappa shape index (κ3) is 6.50. The van der Waals surface area contributed by atoms with Crippen LogP contribution in [0.3, 0.4) is 0 Å². The first-order chi connectivity index (χ1) is 36.5. The Bertz CT molecular complexity index is 4440. The molecule has 0 bridgehead atoms. The third-order valence-electron chi connectivity index (χ3n) is 18.0. The highest BCUT2D eigenvalue weighted by atomic mass is 16.3. The Balaban J connectivity index is 1.03. The number of fused-ring (bicyclic) bond motifs is 13. The maximum Gasteiger partial charge on any atom is 0.197 e. The van der Waals surface area contributed by atoms with E-state index < -0.39 is 0 Å². The van der Waals surface area contributed by atoms with E-state index in [9.17, 15) is 0 Å². The van der Waals surface area contributed by atoms with E-state index in [2.05, 4.69) is 249 Å². The standard InChI is InChI=1S/C71H60BN2O2/c1-68(2,3)42-24-26-43(27-25-42)73-59-38-55-47(48-34-56-57(37-54(48)71(55,8)9)70(6,7)31-30-69(56,4)5)32-49(59)45-28-29-46-50-33-51-44-22-16-17-23-62(44)75-63(51)39-60(50)74-61-36-53-52(35-58(61)72-64(45)65(46)74)66(40-18-12-10-13-19-40)76-67(53)41-20-14-11-15-21-41/h10-29,32-39,73H,30-31H2,1-9H3. The second kappa shape index (κ2) is 15.5. The van der Waals surface area contributed by atoms with Crippen molar-refractivity contribution >= 4 is 84.1 Å². The second-order valence-electron chi connectivity index (χ2n) is 25.0. The smallest absolute Gasteiger partial charge is 0.197 e. The van der Waals surface area contributed by atoms with E-state index >= 15 is 0 Å². The van der Waals surface area contributed by atoms with Crippen LogP contribution in [0.2, 0.25) is 0 Å². The summed E-state index contributed by atoms with van der Waals surface area (Å²) in [6, 6.07) is 63.0. The predicted octanol–water partition coefficient (Wildman–Crippen LogP) is 18.1. The van der Waals surface area contributed by atoms with Crippen LogP contribution >= 0.6 is 0 Å². The monoisotopic (exact) mass is 983 g/mol. The fourth-order valence-corrected chi connectivity index (χ4v) is 13.6. The molecule has 3 aromatic heterocycles. The zero-order valence-electron chi connectivity index (χ0n) is 44.9. The van der Waals surface area contributed by atoms with Crippen LogP contribution in [0.25, 0.3) is 105 Å². The van der Waals surface area contributed by atoms with E-state index in [0.29, 0.717) is 0 Å². The molecule has 1 aliphatic heterocycles. The Labute approximate surface area is 445 Å². The van der Waals surface area contributed by atoms with Crippen molar-refractivity contribution < 1.29 is 8.83 Å². The molecule has 0 atom stereocenters. The van der Waals surface area contributed by atoms with Crippen LogP contribution < -0.4 is 16.2 Å². The number of furan rings is 2. The van der Waals surface area contributed by atoms with Crippen LogP contribution in [-0.2, 0) is 21.7 Å². The van der Waals surface area contributed by atoms with Crippen LogP contribution in [0.5, 0.6) is 0 Å². The maximum atomic E-state index is 7.06. The summed E-state index contributed by atoms with van der Waals surface area (Å²) in [7, 11) is 2.46. The van der Waals surface area contributed by atoms with Gasteiger partial charge in [0.15, 0.2) is 7.28 Å². The van der Waals surface area contributed by atoms with E-state index in [4.69, 9.17) is 8.83 Å².